The van der Waals surface area contributed by atoms with Crippen LogP contribution in [0, 0.1) is 5.41 Å². The van der Waals surface area contributed by atoms with Crippen LogP contribution >= 0.6 is 0 Å². The van der Waals surface area contributed by atoms with Crippen molar-refractivity contribution in [3.63, 3.8) is 0 Å². The summed E-state index contributed by atoms with van der Waals surface area (Å²) in [5, 5.41) is 0. The van der Waals surface area contributed by atoms with Gasteiger partial charge in [-0.05, 0) is 37.1 Å². The summed E-state index contributed by atoms with van der Waals surface area (Å²) in [7, 11) is 0. The number of esters is 1. The third kappa shape index (κ3) is 6.99. The molecule has 0 spiro atoms. The third-order valence-corrected chi connectivity index (χ3v) is 6.09. The zero-order valence-corrected chi connectivity index (χ0v) is 20.2. The number of likely N-dealkylation sites (tertiary alicyclic amines) is 1. The lowest BCUT2D eigenvalue weighted by molar-refractivity contribution is -0.183. The molecule has 1 atom stereocenters. The number of Topliss-reactive ketones (excluding diaryl/α,β-unsaturated/α-hetero) is 1. The number of rotatable bonds is 10. The smallest absolute Gasteiger partial charge is 0.346 e. The van der Waals surface area contributed by atoms with Crippen LogP contribution in [0.3, 0.4) is 0 Å². The Kier molecular flexibility index (Phi) is 8.81. The molecule has 178 valence electrons. The van der Waals surface area contributed by atoms with E-state index in [4.69, 9.17) is 9.47 Å². The highest BCUT2D eigenvalue weighted by molar-refractivity contribution is 6.09. The quantitative estimate of drug-likeness (QED) is 0.383. The van der Waals surface area contributed by atoms with Crippen LogP contribution in [0.5, 0.6) is 0 Å². The summed E-state index contributed by atoms with van der Waals surface area (Å²) in [6.45, 7) is 8.59. The number of carbonyl (C=O) groups is 2. The highest BCUT2D eigenvalue weighted by Gasteiger charge is 2.52. The molecule has 3 rings (SSSR count). The number of hydrogen-bond acceptors (Lipinski definition) is 5. The van der Waals surface area contributed by atoms with Crippen molar-refractivity contribution in [2.45, 2.75) is 58.7 Å². The Morgan fingerprint density at radius 1 is 0.848 bits per heavy atom. The molecule has 0 aromatic heterocycles. The van der Waals surface area contributed by atoms with Crippen molar-refractivity contribution in [2.75, 3.05) is 26.2 Å². The standard InChI is InChI=1S/C28H37NO4/c1-27(2,3)25(30)28(21-23-13-7-4-8-14-23,33-22-24-15-9-5-10-16-24)26(31)32-20-19-29-17-11-6-12-18-29/h4-5,7-10,13-16H,6,11-12,17-22H2,1-3H3. The first-order valence-corrected chi connectivity index (χ1v) is 12.0. The number of piperidine rings is 1. The molecule has 1 saturated heterocycles. The fraction of sp³-hybridized carbons (Fsp3) is 0.500. The second kappa shape index (κ2) is 11.6. The predicted octanol–water partition coefficient (Wildman–Crippen LogP) is 4.83. The lowest BCUT2D eigenvalue weighted by Crippen LogP contribution is -2.56. The largest absolute Gasteiger partial charge is 0.462 e. The van der Waals surface area contributed by atoms with Crippen LogP contribution in [0.2, 0.25) is 0 Å². The van der Waals surface area contributed by atoms with Gasteiger partial charge in [0.05, 0.1) is 6.61 Å². The molecule has 0 saturated carbocycles. The fourth-order valence-corrected chi connectivity index (χ4v) is 4.26. The molecule has 5 heteroatoms. The van der Waals surface area contributed by atoms with Crippen molar-refractivity contribution < 1.29 is 19.1 Å². The number of benzene rings is 2. The van der Waals surface area contributed by atoms with E-state index < -0.39 is 17.0 Å². The SMILES string of the molecule is CC(C)(C)C(=O)C(Cc1ccccc1)(OCc1ccccc1)C(=O)OCCN1CCCCC1. The average Bonchev–Trinajstić information content (AvgIpc) is 2.82. The highest BCUT2D eigenvalue weighted by Crippen LogP contribution is 2.32. The second-order valence-corrected chi connectivity index (χ2v) is 9.88. The van der Waals surface area contributed by atoms with E-state index in [0.29, 0.717) is 6.54 Å². The van der Waals surface area contributed by atoms with E-state index in [0.717, 1.165) is 24.2 Å². The van der Waals surface area contributed by atoms with Gasteiger partial charge < -0.3 is 9.47 Å². The highest BCUT2D eigenvalue weighted by atomic mass is 16.6. The molecule has 1 unspecified atom stereocenters. The molecule has 1 aliphatic rings. The normalized spacial score (nSPS) is 16.7. The first-order valence-electron chi connectivity index (χ1n) is 12.0. The topological polar surface area (TPSA) is 55.8 Å². The molecule has 0 N–H and O–H groups in total. The fourth-order valence-electron chi connectivity index (χ4n) is 4.26. The summed E-state index contributed by atoms with van der Waals surface area (Å²) < 4.78 is 12.0. The van der Waals surface area contributed by atoms with Crippen LogP contribution in [0.4, 0.5) is 0 Å². The Bertz CT molecular complexity index is 885. The Hall–Kier alpha value is -2.50. The monoisotopic (exact) mass is 451 g/mol. The summed E-state index contributed by atoms with van der Waals surface area (Å²) in [6.07, 6.45) is 3.74. The molecule has 1 heterocycles. The Labute approximate surface area is 198 Å². The molecule has 0 amide bonds. The lowest BCUT2D eigenvalue weighted by atomic mass is 9.77. The van der Waals surface area contributed by atoms with Crippen molar-refractivity contribution in [1.29, 1.82) is 0 Å². The molecule has 1 fully saturated rings. The van der Waals surface area contributed by atoms with Crippen molar-refractivity contribution >= 4 is 11.8 Å². The van der Waals surface area contributed by atoms with Crippen LogP contribution in [-0.4, -0.2) is 48.5 Å². The van der Waals surface area contributed by atoms with E-state index >= 15 is 0 Å². The summed E-state index contributed by atoms with van der Waals surface area (Å²) in [5.41, 5.74) is -0.733. The van der Waals surface area contributed by atoms with Gasteiger partial charge in [0.25, 0.3) is 0 Å². The maximum Gasteiger partial charge on any atom is 0.346 e. The maximum absolute atomic E-state index is 13.8. The summed E-state index contributed by atoms with van der Waals surface area (Å²) in [6, 6.07) is 19.2. The molecule has 2 aromatic carbocycles. The second-order valence-electron chi connectivity index (χ2n) is 9.88. The van der Waals surface area contributed by atoms with E-state index in [1.807, 2.05) is 81.4 Å². The first-order chi connectivity index (χ1) is 15.8. The van der Waals surface area contributed by atoms with Crippen LogP contribution in [0.15, 0.2) is 60.7 Å². The van der Waals surface area contributed by atoms with Gasteiger partial charge in [0, 0.05) is 18.4 Å². The Balaban J connectivity index is 1.86. The van der Waals surface area contributed by atoms with Crippen molar-refractivity contribution in [3.8, 4) is 0 Å². The Morgan fingerprint density at radius 2 is 1.42 bits per heavy atom. The third-order valence-electron chi connectivity index (χ3n) is 6.09. The van der Waals surface area contributed by atoms with Gasteiger partial charge >= 0.3 is 5.97 Å². The summed E-state index contributed by atoms with van der Waals surface area (Å²) in [4.78, 5) is 29.7. The Morgan fingerprint density at radius 3 is 2.00 bits per heavy atom. The number of ketones is 1. The van der Waals surface area contributed by atoms with Crippen molar-refractivity contribution in [2.24, 2.45) is 5.41 Å². The molecule has 5 nitrogen and oxygen atoms in total. The van der Waals surface area contributed by atoms with Crippen LogP contribution in [0.25, 0.3) is 0 Å². The number of nitrogens with zero attached hydrogens (tertiary/aromatic N) is 1. The minimum Gasteiger partial charge on any atom is -0.462 e. The van der Waals surface area contributed by atoms with Gasteiger partial charge in [-0.1, -0.05) is 87.9 Å². The summed E-state index contributed by atoms with van der Waals surface area (Å²) >= 11 is 0. The minimum absolute atomic E-state index is 0.138. The van der Waals surface area contributed by atoms with Gasteiger partial charge in [-0.3, -0.25) is 9.69 Å². The van der Waals surface area contributed by atoms with Gasteiger partial charge in [0.2, 0.25) is 5.60 Å². The molecule has 0 aliphatic carbocycles. The first kappa shape index (κ1) is 25.1. The molecule has 1 aliphatic heterocycles. The number of hydrogen-bond donors (Lipinski definition) is 0. The minimum atomic E-state index is -1.71. The molecular formula is C28H37NO4. The van der Waals surface area contributed by atoms with E-state index in [1.165, 1.54) is 19.3 Å². The van der Waals surface area contributed by atoms with E-state index in [1.54, 1.807) is 0 Å². The molecular weight excluding hydrogens is 414 g/mol. The number of carbonyl (C=O) groups excluding carboxylic acids is 2. The van der Waals surface area contributed by atoms with Gasteiger partial charge in [-0.2, -0.15) is 0 Å². The van der Waals surface area contributed by atoms with Gasteiger partial charge in [-0.15, -0.1) is 0 Å². The average molecular weight is 452 g/mol. The van der Waals surface area contributed by atoms with Crippen LogP contribution < -0.4 is 0 Å². The predicted molar refractivity (Wildman–Crippen MR) is 130 cm³/mol. The maximum atomic E-state index is 13.8. The molecule has 0 bridgehead atoms. The molecule has 0 radical (unpaired) electrons. The zero-order chi connectivity index (χ0) is 23.7. The molecule has 2 aromatic rings. The number of ether oxygens (including phenoxy) is 2. The van der Waals surface area contributed by atoms with Crippen LogP contribution in [-0.2, 0) is 32.1 Å². The van der Waals surface area contributed by atoms with Gasteiger partial charge in [0.1, 0.15) is 6.61 Å². The summed E-state index contributed by atoms with van der Waals surface area (Å²) in [5.74, 6) is -0.864. The van der Waals surface area contributed by atoms with Crippen LogP contribution in [0.1, 0.15) is 51.2 Å². The van der Waals surface area contributed by atoms with Crippen molar-refractivity contribution in [1.82, 2.24) is 4.90 Å². The lowest BCUT2D eigenvalue weighted by Gasteiger charge is -2.35. The van der Waals surface area contributed by atoms with Gasteiger partial charge in [-0.25, -0.2) is 4.79 Å². The van der Waals surface area contributed by atoms with Gasteiger partial charge in [0.15, 0.2) is 5.78 Å². The van der Waals surface area contributed by atoms with Crippen molar-refractivity contribution in [3.05, 3.63) is 71.8 Å². The molecule has 33 heavy (non-hydrogen) atoms. The van der Waals surface area contributed by atoms with E-state index in [2.05, 4.69) is 4.90 Å². The zero-order valence-electron chi connectivity index (χ0n) is 20.2. The van der Waals surface area contributed by atoms with E-state index in [-0.39, 0.29) is 25.4 Å². The van der Waals surface area contributed by atoms with E-state index in [9.17, 15) is 9.59 Å².